The molecule has 0 N–H and O–H groups in total. The fourth-order valence-electron chi connectivity index (χ4n) is 4.18. The molecule has 0 fully saturated rings. The number of amides is 2. The Labute approximate surface area is 216 Å². The lowest BCUT2D eigenvalue weighted by Crippen LogP contribution is -2.47. The topological polar surface area (TPSA) is 63.0 Å². The van der Waals surface area contributed by atoms with Gasteiger partial charge in [-0.15, -0.1) is 22.7 Å². The van der Waals surface area contributed by atoms with Gasteiger partial charge < -0.3 is 19.0 Å². The van der Waals surface area contributed by atoms with Crippen molar-refractivity contribution >= 4 is 46.1 Å². The first-order valence-electron chi connectivity index (χ1n) is 11.2. The van der Waals surface area contributed by atoms with E-state index in [9.17, 15) is 9.59 Å². The second-order valence-corrected chi connectivity index (χ2v) is 10.5. The van der Waals surface area contributed by atoms with E-state index >= 15 is 0 Å². The Morgan fingerprint density at radius 2 is 1.94 bits per heavy atom. The molecule has 1 aliphatic rings. The Kier molecular flexibility index (Phi) is 7.22. The van der Waals surface area contributed by atoms with Crippen molar-refractivity contribution in [1.29, 1.82) is 0 Å². The summed E-state index contributed by atoms with van der Waals surface area (Å²) in [4.78, 5) is 32.1. The van der Waals surface area contributed by atoms with Gasteiger partial charge in [0.2, 0.25) is 5.91 Å². The molecule has 1 unspecified atom stereocenters. The number of nitrogens with zero attached hydrogens (tertiary/aromatic N) is 2. The molecule has 0 saturated heterocycles. The van der Waals surface area contributed by atoms with Crippen LogP contribution in [0.15, 0.2) is 76.0 Å². The molecular formula is C26H23ClN2O4S2. The van der Waals surface area contributed by atoms with Crippen molar-refractivity contribution in [3.8, 4) is 5.75 Å². The summed E-state index contributed by atoms with van der Waals surface area (Å²) >= 11 is 9.05. The van der Waals surface area contributed by atoms with Crippen LogP contribution in [0.2, 0.25) is 5.02 Å². The van der Waals surface area contributed by atoms with Crippen LogP contribution in [0, 0.1) is 0 Å². The standard InChI is InChI=1S/C26H23ClN2O4S2/c27-18-5-7-19(8-6-18)33-17-22-21-10-14-35-23(21)9-11-29(22)25(30)16-28(15-20-3-1-12-32-20)26(31)24-4-2-13-34-24/h1-8,10,12-14,22H,9,11,15-17H2. The number of thiophene rings is 2. The van der Waals surface area contributed by atoms with Crippen LogP contribution in [0.5, 0.6) is 5.75 Å². The quantitative estimate of drug-likeness (QED) is 0.286. The molecule has 6 nitrogen and oxygen atoms in total. The van der Waals surface area contributed by atoms with Crippen molar-refractivity contribution in [2.75, 3.05) is 19.7 Å². The van der Waals surface area contributed by atoms with Gasteiger partial charge in [0.25, 0.3) is 5.91 Å². The number of carbonyl (C=O) groups excluding carboxylic acids is 2. The second-order valence-electron chi connectivity index (χ2n) is 8.13. The number of hydrogen-bond donors (Lipinski definition) is 0. The van der Waals surface area contributed by atoms with Crippen LogP contribution in [-0.2, 0) is 17.8 Å². The molecule has 9 heteroatoms. The first-order valence-corrected chi connectivity index (χ1v) is 13.3. The highest BCUT2D eigenvalue weighted by Gasteiger charge is 2.34. The van der Waals surface area contributed by atoms with Gasteiger partial charge >= 0.3 is 0 Å². The Bertz CT molecular complexity index is 1270. The van der Waals surface area contributed by atoms with E-state index in [-0.39, 0.29) is 30.9 Å². The van der Waals surface area contributed by atoms with E-state index < -0.39 is 0 Å². The van der Waals surface area contributed by atoms with Gasteiger partial charge in [0.1, 0.15) is 24.7 Å². The Morgan fingerprint density at radius 1 is 1.09 bits per heavy atom. The summed E-state index contributed by atoms with van der Waals surface area (Å²) in [6, 6.07) is 16.2. The summed E-state index contributed by atoms with van der Waals surface area (Å²) < 4.78 is 11.5. The third-order valence-corrected chi connectivity index (χ3v) is 8.02. The number of ether oxygens (including phenoxy) is 1. The number of furan rings is 1. The summed E-state index contributed by atoms with van der Waals surface area (Å²) in [6.45, 7) is 1.06. The van der Waals surface area contributed by atoms with Crippen LogP contribution in [0.3, 0.4) is 0 Å². The normalized spacial score (nSPS) is 15.0. The van der Waals surface area contributed by atoms with Crippen LogP contribution in [0.1, 0.15) is 31.9 Å². The van der Waals surface area contributed by atoms with Crippen LogP contribution < -0.4 is 4.74 Å². The van der Waals surface area contributed by atoms with E-state index in [2.05, 4.69) is 11.4 Å². The largest absolute Gasteiger partial charge is 0.491 e. The molecule has 0 saturated carbocycles. The number of benzene rings is 1. The lowest BCUT2D eigenvalue weighted by molar-refractivity contribution is -0.135. The van der Waals surface area contributed by atoms with Gasteiger partial charge in [-0.05, 0) is 71.3 Å². The number of rotatable bonds is 8. The molecule has 3 aromatic heterocycles. The summed E-state index contributed by atoms with van der Waals surface area (Å²) in [7, 11) is 0. The van der Waals surface area contributed by atoms with Crippen molar-refractivity contribution in [2.45, 2.75) is 19.0 Å². The number of halogens is 1. The predicted molar refractivity (Wildman–Crippen MR) is 137 cm³/mol. The molecule has 5 rings (SSSR count). The smallest absolute Gasteiger partial charge is 0.264 e. The molecule has 35 heavy (non-hydrogen) atoms. The van der Waals surface area contributed by atoms with E-state index in [1.54, 1.807) is 52.8 Å². The first-order chi connectivity index (χ1) is 17.1. The maximum absolute atomic E-state index is 13.6. The van der Waals surface area contributed by atoms with Gasteiger partial charge in [-0.25, -0.2) is 0 Å². The fraction of sp³-hybridized carbons (Fsp3) is 0.231. The molecule has 4 aromatic rings. The maximum atomic E-state index is 13.6. The summed E-state index contributed by atoms with van der Waals surface area (Å²) in [5.41, 5.74) is 1.10. The van der Waals surface area contributed by atoms with E-state index in [1.165, 1.54) is 16.2 Å². The molecule has 0 bridgehead atoms. The van der Waals surface area contributed by atoms with Gasteiger partial charge in [0.05, 0.1) is 23.7 Å². The zero-order valence-electron chi connectivity index (χ0n) is 18.8. The van der Waals surface area contributed by atoms with Crippen molar-refractivity contribution in [1.82, 2.24) is 9.80 Å². The van der Waals surface area contributed by atoms with Crippen LogP contribution in [-0.4, -0.2) is 41.3 Å². The highest BCUT2D eigenvalue weighted by Crippen LogP contribution is 2.34. The summed E-state index contributed by atoms with van der Waals surface area (Å²) in [5.74, 6) is 1.01. The Balaban J connectivity index is 1.35. The molecular weight excluding hydrogens is 504 g/mol. The highest BCUT2D eigenvalue weighted by atomic mass is 35.5. The van der Waals surface area contributed by atoms with Gasteiger partial charge in [0.15, 0.2) is 0 Å². The molecule has 0 spiro atoms. The molecule has 180 valence electrons. The zero-order valence-corrected chi connectivity index (χ0v) is 21.2. The number of hydrogen-bond acceptors (Lipinski definition) is 6. The molecule has 4 heterocycles. The lowest BCUT2D eigenvalue weighted by atomic mass is 10.0. The van der Waals surface area contributed by atoms with Gasteiger partial charge in [-0.2, -0.15) is 0 Å². The SMILES string of the molecule is O=C(c1cccs1)N(CC(=O)N1CCc2sccc2C1COc1ccc(Cl)cc1)Cc1ccco1. The van der Waals surface area contributed by atoms with Crippen LogP contribution in [0.4, 0.5) is 0 Å². The zero-order chi connectivity index (χ0) is 24.2. The van der Waals surface area contributed by atoms with Crippen molar-refractivity contribution < 1.29 is 18.7 Å². The summed E-state index contributed by atoms with van der Waals surface area (Å²) in [5, 5.41) is 4.55. The van der Waals surface area contributed by atoms with Gasteiger partial charge in [-0.3, -0.25) is 9.59 Å². The Hall–Kier alpha value is -3.07. The third-order valence-electron chi connectivity index (χ3n) is 5.91. The van der Waals surface area contributed by atoms with Crippen molar-refractivity contribution in [2.24, 2.45) is 0 Å². The minimum atomic E-state index is -0.240. The van der Waals surface area contributed by atoms with Gasteiger partial charge in [0, 0.05) is 16.4 Å². The molecule has 2 amide bonds. The number of carbonyl (C=O) groups is 2. The molecule has 1 atom stereocenters. The molecule has 1 aliphatic heterocycles. The second kappa shape index (κ2) is 10.7. The van der Waals surface area contributed by atoms with E-state index in [1.807, 2.05) is 28.5 Å². The lowest BCUT2D eigenvalue weighted by Gasteiger charge is -2.37. The average molecular weight is 527 g/mol. The number of fused-ring (bicyclic) bond motifs is 1. The van der Waals surface area contributed by atoms with E-state index in [0.717, 1.165) is 12.0 Å². The van der Waals surface area contributed by atoms with Crippen molar-refractivity contribution in [3.05, 3.63) is 97.7 Å². The maximum Gasteiger partial charge on any atom is 0.264 e. The molecule has 0 radical (unpaired) electrons. The third kappa shape index (κ3) is 5.45. The molecule has 1 aromatic carbocycles. The minimum absolute atomic E-state index is 0.0473. The fourth-order valence-corrected chi connectivity index (χ4v) is 5.93. The van der Waals surface area contributed by atoms with Crippen LogP contribution >= 0.6 is 34.3 Å². The monoisotopic (exact) mass is 526 g/mol. The average Bonchev–Trinajstić information content (AvgIpc) is 3.65. The van der Waals surface area contributed by atoms with E-state index in [4.69, 9.17) is 20.8 Å². The van der Waals surface area contributed by atoms with Crippen LogP contribution in [0.25, 0.3) is 0 Å². The van der Waals surface area contributed by atoms with E-state index in [0.29, 0.717) is 34.6 Å². The van der Waals surface area contributed by atoms with Gasteiger partial charge in [-0.1, -0.05) is 17.7 Å². The first kappa shape index (κ1) is 23.7. The predicted octanol–water partition coefficient (Wildman–Crippen LogP) is 5.90. The molecule has 0 aliphatic carbocycles. The minimum Gasteiger partial charge on any atom is -0.491 e. The van der Waals surface area contributed by atoms with Crippen molar-refractivity contribution in [3.63, 3.8) is 0 Å². The summed E-state index contributed by atoms with van der Waals surface area (Å²) in [6.07, 6.45) is 2.35. The highest BCUT2D eigenvalue weighted by molar-refractivity contribution is 7.12. The Morgan fingerprint density at radius 3 is 2.69 bits per heavy atom.